The number of rotatable bonds is 6. The van der Waals surface area contributed by atoms with E-state index < -0.39 is 6.10 Å². The summed E-state index contributed by atoms with van der Waals surface area (Å²) in [5.74, 6) is 0.217. The zero-order valence-electron chi connectivity index (χ0n) is 14.9. The number of hydrogen-bond acceptors (Lipinski definition) is 2. The molecule has 0 saturated heterocycles. The van der Waals surface area contributed by atoms with Crippen LogP contribution in [0.1, 0.15) is 31.9 Å². The summed E-state index contributed by atoms with van der Waals surface area (Å²) < 4.78 is 19.1. The molecule has 1 amide bonds. The first-order chi connectivity index (χ1) is 12.6. The molecule has 0 fully saturated rings. The van der Waals surface area contributed by atoms with Crippen molar-refractivity contribution in [1.82, 2.24) is 5.32 Å². The van der Waals surface area contributed by atoms with Gasteiger partial charge in [-0.15, -0.1) is 0 Å². The second-order valence-electron chi connectivity index (χ2n) is 6.27. The maximum atomic E-state index is 13.1. The summed E-state index contributed by atoms with van der Waals surface area (Å²) in [6, 6.07) is 19.6. The number of carbonyl (C=O) groups is 1. The number of fused-ring (bicyclic) bond motifs is 1. The molecule has 134 valence electrons. The Morgan fingerprint density at radius 2 is 1.73 bits per heavy atom. The van der Waals surface area contributed by atoms with Crippen molar-refractivity contribution in [1.29, 1.82) is 0 Å². The van der Waals surface area contributed by atoms with Gasteiger partial charge in [-0.1, -0.05) is 55.5 Å². The molecule has 0 aliphatic carbocycles. The summed E-state index contributed by atoms with van der Waals surface area (Å²) in [5.41, 5.74) is 0.847. The Balaban J connectivity index is 1.73. The van der Waals surface area contributed by atoms with Crippen molar-refractivity contribution in [2.24, 2.45) is 0 Å². The van der Waals surface area contributed by atoms with Crippen LogP contribution in [0.4, 0.5) is 4.39 Å². The Morgan fingerprint density at radius 3 is 2.46 bits per heavy atom. The van der Waals surface area contributed by atoms with E-state index in [4.69, 9.17) is 4.74 Å². The average Bonchev–Trinajstić information content (AvgIpc) is 2.66. The minimum Gasteiger partial charge on any atom is -0.480 e. The molecule has 3 aromatic rings. The predicted molar refractivity (Wildman–Crippen MR) is 102 cm³/mol. The highest BCUT2D eigenvalue weighted by Gasteiger charge is 2.21. The fraction of sp³-hybridized carbons (Fsp3) is 0.227. The number of amides is 1. The molecular weight excluding hydrogens is 329 g/mol. The van der Waals surface area contributed by atoms with Crippen molar-refractivity contribution in [3.8, 4) is 5.75 Å². The Bertz CT molecular complexity index is 887. The summed E-state index contributed by atoms with van der Waals surface area (Å²) in [4.78, 5) is 12.7. The molecule has 3 aromatic carbocycles. The highest BCUT2D eigenvalue weighted by Crippen LogP contribution is 2.26. The predicted octanol–water partition coefficient (Wildman–Crippen LogP) is 5.01. The van der Waals surface area contributed by atoms with Crippen LogP contribution < -0.4 is 10.1 Å². The topological polar surface area (TPSA) is 38.3 Å². The van der Waals surface area contributed by atoms with Gasteiger partial charge >= 0.3 is 0 Å². The number of halogens is 1. The van der Waals surface area contributed by atoms with Gasteiger partial charge in [0.2, 0.25) is 0 Å². The van der Waals surface area contributed by atoms with Gasteiger partial charge in [-0.2, -0.15) is 0 Å². The molecule has 0 aliphatic heterocycles. The molecule has 0 bridgehead atoms. The third kappa shape index (κ3) is 4.02. The standard InChI is InChI=1S/C22H22FNO2/c1-3-20(22(25)24-15(2)16-11-13-18(23)14-12-16)26-21-10-6-8-17-7-4-5-9-19(17)21/h4-15,20H,3H2,1-2H3,(H,24,25)/t15-,20+/m1/s1. The lowest BCUT2D eigenvalue weighted by Gasteiger charge is -2.21. The van der Waals surface area contributed by atoms with Crippen molar-refractivity contribution in [3.05, 3.63) is 78.1 Å². The van der Waals surface area contributed by atoms with E-state index in [1.807, 2.05) is 56.3 Å². The van der Waals surface area contributed by atoms with Crippen LogP contribution in [0.25, 0.3) is 10.8 Å². The Kier molecular flexibility index (Phi) is 5.52. The molecule has 2 atom stereocenters. The molecule has 0 aromatic heterocycles. The molecule has 4 heteroatoms. The van der Waals surface area contributed by atoms with Crippen molar-refractivity contribution >= 4 is 16.7 Å². The highest BCUT2D eigenvalue weighted by atomic mass is 19.1. The number of hydrogen-bond donors (Lipinski definition) is 1. The zero-order valence-corrected chi connectivity index (χ0v) is 14.9. The van der Waals surface area contributed by atoms with Crippen LogP contribution in [0.2, 0.25) is 0 Å². The van der Waals surface area contributed by atoms with Gasteiger partial charge in [0.25, 0.3) is 5.91 Å². The molecule has 0 unspecified atom stereocenters. The van der Waals surface area contributed by atoms with Crippen molar-refractivity contribution in [2.75, 3.05) is 0 Å². The van der Waals surface area contributed by atoms with Gasteiger partial charge in [-0.25, -0.2) is 4.39 Å². The largest absolute Gasteiger partial charge is 0.480 e. The zero-order chi connectivity index (χ0) is 18.5. The summed E-state index contributed by atoms with van der Waals surface area (Å²) in [5, 5.41) is 5.00. The van der Waals surface area contributed by atoms with E-state index in [-0.39, 0.29) is 17.8 Å². The van der Waals surface area contributed by atoms with E-state index >= 15 is 0 Å². The van der Waals surface area contributed by atoms with Crippen molar-refractivity contribution in [2.45, 2.75) is 32.4 Å². The fourth-order valence-corrected chi connectivity index (χ4v) is 2.92. The van der Waals surface area contributed by atoms with E-state index in [0.29, 0.717) is 12.2 Å². The smallest absolute Gasteiger partial charge is 0.261 e. The molecule has 26 heavy (non-hydrogen) atoms. The van der Waals surface area contributed by atoms with Crippen molar-refractivity contribution < 1.29 is 13.9 Å². The second-order valence-corrected chi connectivity index (χ2v) is 6.27. The maximum Gasteiger partial charge on any atom is 0.261 e. The summed E-state index contributed by atoms with van der Waals surface area (Å²) in [6.07, 6.45) is -0.0470. The summed E-state index contributed by atoms with van der Waals surface area (Å²) in [7, 11) is 0. The van der Waals surface area contributed by atoms with Crippen molar-refractivity contribution in [3.63, 3.8) is 0 Å². The first-order valence-corrected chi connectivity index (χ1v) is 8.78. The van der Waals surface area contributed by atoms with Gasteiger partial charge in [-0.05, 0) is 42.5 Å². The average molecular weight is 351 g/mol. The Labute approximate surface area is 152 Å². The van der Waals surface area contributed by atoms with E-state index in [2.05, 4.69) is 5.32 Å². The SMILES string of the molecule is CC[C@H](Oc1cccc2ccccc12)C(=O)N[C@H](C)c1ccc(F)cc1. The fourth-order valence-electron chi connectivity index (χ4n) is 2.92. The van der Waals surface area contributed by atoms with Crippen LogP contribution in [-0.2, 0) is 4.79 Å². The quantitative estimate of drug-likeness (QED) is 0.678. The molecule has 0 heterocycles. The van der Waals surface area contributed by atoms with Gasteiger partial charge in [0, 0.05) is 5.39 Å². The molecule has 3 rings (SSSR count). The number of carbonyl (C=O) groups excluding carboxylic acids is 1. The third-order valence-corrected chi connectivity index (χ3v) is 4.41. The van der Waals surface area contributed by atoms with Crippen LogP contribution in [-0.4, -0.2) is 12.0 Å². The lowest BCUT2D eigenvalue weighted by atomic mass is 10.1. The second kappa shape index (κ2) is 8.00. The Morgan fingerprint density at radius 1 is 1.04 bits per heavy atom. The number of benzene rings is 3. The van der Waals surface area contributed by atoms with Gasteiger partial charge in [-0.3, -0.25) is 4.79 Å². The summed E-state index contributed by atoms with van der Waals surface area (Å²) in [6.45, 7) is 3.79. The van der Waals surface area contributed by atoms with Gasteiger partial charge in [0.1, 0.15) is 11.6 Å². The molecular formula is C22H22FNO2. The molecule has 0 saturated carbocycles. The summed E-state index contributed by atoms with van der Waals surface area (Å²) >= 11 is 0. The minimum absolute atomic E-state index is 0.183. The lowest BCUT2D eigenvalue weighted by Crippen LogP contribution is -2.39. The van der Waals surface area contributed by atoms with E-state index in [9.17, 15) is 9.18 Å². The monoisotopic (exact) mass is 351 g/mol. The van der Waals surface area contributed by atoms with Crippen LogP contribution in [0, 0.1) is 5.82 Å². The van der Waals surface area contributed by atoms with Crippen LogP contribution in [0.15, 0.2) is 66.7 Å². The molecule has 0 aliphatic rings. The number of nitrogens with one attached hydrogen (secondary N) is 1. The van der Waals surface area contributed by atoms with Crippen LogP contribution in [0.5, 0.6) is 5.75 Å². The van der Waals surface area contributed by atoms with Gasteiger partial charge in [0.15, 0.2) is 6.10 Å². The normalized spacial score (nSPS) is 13.2. The molecule has 3 nitrogen and oxygen atoms in total. The Hall–Kier alpha value is -2.88. The maximum absolute atomic E-state index is 13.1. The van der Waals surface area contributed by atoms with Gasteiger partial charge < -0.3 is 10.1 Å². The molecule has 0 radical (unpaired) electrons. The highest BCUT2D eigenvalue weighted by molar-refractivity contribution is 5.89. The van der Waals surface area contributed by atoms with E-state index in [1.165, 1.54) is 12.1 Å². The van der Waals surface area contributed by atoms with Crippen LogP contribution >= 0.6 is 0 Å². The first kappa shape index (κ1) is 17.9. The third-order valence-electron chi connectivity index (χ3n) is 4.41. The number of ether oxygens (including phenoxy) is 1. The van der Waals surface area contributed by atoms with Crippen LogP contribution in [0.3, 0.4) is 0 Å². The van der Waals surface area contributed by atoms with E-state index in [0.717, 1.165) is 16.3 Å². The van der Waals surface area contributed by atoms with E-state index in [1.54, 1.807) is 12.1 Å². The first-order valence-electron chi connectivity index (χ1n) is 8.78. The molecule has 0 spiro atoms. The minimum atomic E-state index is -0.594. The lowest BCUT2D eigenvalue weighted by molar-refractivity contribution is -0.128. The van der Waals surface area contributed by atoms with Gasteiger partial charge in [0.05, 0.1) is 6.04 Å². The molecule has 1 N–H and O–H groups in total.